The second-order valence-electron chi connectivity index (χ2n) is 2.74. The lowest BCUT2D eigenvalue weighted by molar-refractivity contribution is -0.385. The molecule has 0 aromatic heterocycles. The van der Waals surface area contributed by atoms with Gasteiger partial charge >= 0.3 is 5.97 Å². The Morgan fingerprint density at radius 2 is 2.20 bits per heavy atom. The van der Waals surface area contributed by atoms with Crippen molar-refractivity contribution in [1.82, 2.24) is 0 Å². The van der Waals surface area contributed by atoms with Crippen LogP contribution in [0.3, 0.4) is 0 Å². The number of rotatable bonds is 3. The maximum absolute atomic E-state index is 13.1. The maximum Gasteiger partial charge on any atom is 0.307 e. The van der Waals surface area contributed by atoms with Crippen molar-refractivity contribution in [3.05, 3.63) is 38.1 Å². The Hall–Kier alpha value is -1.50. The van der Waals surface area contributed by atoms with E-state index in [0.717, 1.165) is 12.1 Å². The van der Waals surface area contributed by atoms with Crippen LogP contribution in [-0.2, 0) is 11.2 Å². The molecule has 0 bridgehead atoms. The molecule has 0 aliphatic rings. The third kappa shape index (κ3) is 2.72. The summed E-state index contributed by atoms with van der Waals surface area (Å²) in [7, 11) is 0. The number of nitrogens with zero attached hydrogens (tertiary/aromatic N) is 1. The van der Waals surface area contributed by atoms with Gasteiger partial charge in [-0.2, -0.15) is 0 Å². The zero-order chi connectivity index (χ0) is 11.6. The highest BCUT2D eigenvalue weighted by Crippen LogP contribution is 2.29. The molecule has 0 unspecified atom stereocenters. The summed E-state index contributed by atoms with van der Waals surface area (Å²) in [6, 6.07) is 1.98. The summed E-state index contributed by atoms with van der Waals surface area (Å²) in [5.41, 5.74) is -0.429. The molecule has 5 nitrogen and oxygen atoms in total. The van der Waals surface area contributed by atoms with Crippen LogP contribution >= 0.6 is 15.9 Å². The van der Waals surface area contributed by atoms with E-state index in [9.17, 15) is 19.3 Å². The van der Waals surface area contributed by atoms with Gasteiger partial charge in [0.05, 0.1) is 11.3 Å². The van der Waals surface area contributed by atoms with E-state index in [2.05, 4.69) is 15.9 Å². The number of nitro benzene ring substituents is 1. The first-order valence-corrected chi connectivity index (χ1v) is 4.55. The van der Waals surface area contributed by atoms with Gasteiger partial charge in [-0.25, -0.2) is 4.39 Å². The van der Waals surface area contributed by atoms with Gasteiger partial charge in [0.25, 0.3) is 5.69 Å². The topological polar surface area (TPSA) is 80.4 Å². The normalized spacial score (nSPS) is 10.0. The molecule has 1 N–H and O–H groups in total. The molecule has 0 radical (unpaired) electrons. The summed E-state index contributed by atoms with van der Waals surface area (Å²) in [5, 5.41) is 18.9. The Kier molecular flexibility index (Phi) is 3.35. The number of aliphatic carboxylic acids is 1. The molecule has 0 heterocycles. The molecule has 1 rings (SSSR count). The van der Waals surface area contributed by atoms with Crippen LogP contribution in [0, 0.1) is 15.9 Å². The van der Waals surface area contributed by atoms with Gasteiger partial charge < -0.3 is 5.11 Å². The zero-order valence-corrected chi connectivity index (χ0v) is 8.82. The van der Waals surface area contributed by atoms with Crippen LogP contribution in [0.25, 0.3) is 0 Å². The Morgan fingerprint density at radius 3 is 2.67 bits per heavy atom. The van der Waals surface area contributed by atoms with Crippen LogP contribution < -0.4 is 0 Å². The maximum atomic E-state index is 13.1. The summed E-state index contributed by atoms with van der Waals surface area (Å²) in [6.07, 6.45) is -0.453. The number of nitro groups is 1. The number of hydrogen-bond acceptors (Lipinski definition) is 3. The van der Waals surface area contributed by atoms with Crippen molar-refractivity contribution in [2.75, 3.05) is 0 Å². The third-order valence-electron chi connectivity index (χ3n) is 1.62. The van der Waals surface area contributed by atoms with Gasteiger partial charge in [-0.1, -0.05) is 0 Å². The molecule has 0 amide bonds. The van der Waals surface area contributed by atoms with Crippen LogP contribution in [0.4, 0.5) is 10.1 Å². The van der Waals surface area contributed by atoms with Crippen molar-refractivity contribution in [3.63, 3.8) is 0 Å². The minimum absolute atomic E-state index is 0.0508. The lowest BCUT2D eigenvalue weighted by atomic mass is 10.1. The predicted octanol–water partition coefficient (Wildman–Crippen LogP) is 2.12. The quantitative estimate of drug-likeness (QED) is 0.678. The molecule has 0 aliphatic carbocycles. The Bertz CT molecular complexity index is 435. The fraction of sp³-hybridized carbons (Fsp3) is 0.125. The average Bonchev–Trinajstić information content (AvgIpc) is 2.09. The lowest BCUT2D eigenvalue weighted by Gasteiger charge is -2.01. The summed E-state index contributed by atoms with van der Waals surface area (Å²) in [5.74, 6) is -2.02. The highest BCUT2D eigenvalue weighted by atomic mass is 79.9. The molecule has 80 valence electrons. The molecule has 0 fully saturated rings. The van der Waals surface area contributed by atoms with Crippen molar-refractivity contribution in [3.8, 4) is 0 Å². The van der Waals surface area contributed by atoms with E-state index in [0.29, 0.717) is 0 Å². The third-order valence-corrected chi connectivity index (χ3v) is 2.41. The largest absolute Gasteiger partial charge is 0.481 e. The molecule has 1 aromatic rings. The standard InChI is InChI=1S/C8H5BrFNO4/c9-8-5(10)1-4(3-7(12)13)2-6(8)11(14)15/h1-2H,3H2,(H,12,13). The number of carboxylic acids is 1. The van der Waals surface area contributed by atoms with Crippen molar-refractivity contribution in [2.24, 2.45) is 0 Å². The molecule has 0 aliphatic heterocycles. The van der Waals surface area contributed by atoms with Gasteiger partial charge in [0.15, 0.2) is 0 Å². The highest BCUT2D eigenvalue weighted by molar-refractivity contribution is 9.10. The number of benzene rings is 1. The minimum Gasteiger partial charge on any atom is -0.481 e. The molecule has 7 heteroatoms. The smallest absolute Gasteiger partial charge is 0.307 e. The van der Waals surface area contributed by atoms with E-state index < -0.39 is 28.8 Å². The first-order chi connectivity index (χ1) is 6.91. The second-order valence-corrected chi connectivity index (χ2v) is 3.53. The molecular formula is C8H5BrFNO4. The SMILES string of the molecule is O=C(O)Cc1cc(F)c(Br)c([N+](=O)[O-])c1. The van der Waals surface area contributed by atoms with E-state index >= 15 is 0 Å². The van der Waals surface area contributed by atoms with E-state index in [1.165, 1.54) is 0 Å². The number of carboxylic acid groups (broad SMARTS) is 1. The van der Waals surface area contributed by atoms with Gasteiger partial charge in [0.2, 0.25) is 0 Å². The molecule has 0 saturated heterocycles. The predicted molar refractivity (Wildman–Crippen MR) is 52.1 cm³/mol. The van der Waals surface area contributed by atoms with Crippen molar-refractivity contribution >= 4 is 27.6 Å². The van der Waals surface area contributed by atoms with Gasteiger partial charge in [0.1, 0.15) is 10.3 Å². The van der Waals surface area contributed by atoms with Gasteiger partial charge in [0, 0.05) is 6.07 Å². The van der Waals surface area contributed by atoms with Gasteiger partial charge in [-0.3, -0.25) is 14.9 Å². The van der Waals surface area contributed by atoms with Crippen LogP contribution in [-0.4, -0.2) is 16.0 Å². The molecule has 15 heavy (non-hydrogen) atoms. The molecule has 0 atom stereocenters. The molecular weight excluding hydrogens is 273 g/mol. The van der Waals surface area contributed by atoms with Crippen LogP contribution in [0.1, 0.15) is 5.56 Å². The summed E-state index contributed by atoms with van der Waals surface area (Å²) >= 11 is 2.72. The minimum atomic E-state index is -1.17. The average molecular weight is 278 g/mol. The monoisotopic (exact) mass is 277 g/mol. The van der Waals surface area contributed by atoms with E-state index in [1.807, 2.05) is 0 Å². The summed E-state index contributed by atoms with van der Waals surface area (Å²) in [6.45, 7) is 0. The van der Waals surface area contributed by atoms with Crippen LogP contribution in [0.2, 0.25) is 0 Å². The number of halogens is 2. The second kappa shape index (κ2) is 4.35. The van der Waals surface area contributed by atoms with Crippen molar-refractivity contribution in [2.45, 2.75) is 6.42 Å². The first kappa shape index (κ1) is 11.6. The van der Waals surface area contributed by atoms with E-state index in [1.54, 1.807) is 0 Å². The van der Waals surface area contributed by atoms with E-state index in [4.69, 9.17) is 5.11 Å². The number of hydrogen-bond donors (Lipinski definition) is 1. The summed E-state index contributed by atoms with van der Waals surface area (Å²) in [4.78, 5) is 20.0. The zero-order valence-electron chi connectivity index (χ0n) is 7.24. The Labute approximate surface area is 91.8 Å². The highest BCUT2D eigenvalue weighted by Gasteiger charge is 2.18. The molecule has 1 aromatic carbocycles. The number of carbonyl (C=O) groups is 1. The lowest BCUT2D eigenvalue weighted by Crippen LogP contribution is -2.02. The molecule has 0 spiro atoms. The fourth-order valence-corrected chi connectivity index (χ4v) is 1.41. The first-order valence-electron chi connectivity index (χ1n) is 3.76. The fourth-order valence-electron chi connectivity index (χ4n) is 1.04. The Balaban J connectivity index is 3.23. The summed E-state index contributed by atoms with van der Waals surface area (Å²) < 4.78 is 12.8. The van der Waals surface area contributed by atoms with Gasteiger partial charge in [-0.05, 0) is 27.6 Å². The van der Waals surface area contributed by atoms with Crippen molar-refractivity contribution < 1.29 is 19.2 Å². The molecule has 0 saturated carbocycles. The van der Waals surface area contributed by atoms with Crippen LogP contribution in [0.5, 0.6) is 0 Å². The van der Waals surface area contributed by atoms with E-state index in [-0.39, 0.29) is 10.0 Å². The van der Waals surface area contributed by atoms with Gasteiger partial charge in [-0.15, -0.1) is 0 Å². The van der Waals surface area contributed by atoms with Crippen molar-refractivity contribution in [1.29, 1.82) is 0 Å². The Morgan fingerprint density at radius 1 is 1.60 bits per heavy atom. The van der Waals surface area contributed by atoms with Crippen LogP contribution in [0.15, 0.2) is 16.6 Å².